The van der Waals surface area contributed by atoms with Gasteiger partial charge in [-0.05, 0) is 51.8 Å². The number of aryl methyl sites for hydroxylation is 2. The molecule has 0 aliphatic heterocycles. The van der Waals surface area contributed by atoms with Crippen molar-refractivity contribution in [1.29, 1.82) is 0 Å². The average Bonchev–Trinajstić information content (AvgIpc) is 2.85. The molecular formula is C19H25N3O3. The van der Waals surface area contributed by atoms with Crippen LogP contribution in [-0.2, 0) is 22.4 Å². The van der Waals surface area contributed by atoms with E-state index in [0.29, 0.717) is 19.3 Å². The Morgan fingerprint density at radius 3 is 2.36 bits per heavy atom. The standard InChI is InChI=1S/C19H25N3O3/c1-12(2)20-19(24)11-15-5-7-16(8-6-15)21-18(23)10-9-17-13(3)22-25-14(17)4/h5-8,12H,9-11H2,1-4H3,(H,20,24)(H,21,23). The van der Waals surface area contributed by atoms with Gasteiger partial charge in [-0.2, -0.15) is 0 Å². The van der Waals surface area contributed by atoms with Crippen LogP contribution in [0.1, 0.15) is 42.8 Å². The van der Waals surface area contributed by atoms with Crippen LogP contribution in [0.5, 0.6) is 0 Å². The Bertz CT molecular complexity index is 713. The van der Waals surface area contributed by atoms with Gasteiger partial charge in [0.25, 0.3) is 0 Å². The summed E-state index contributed by atoms with van der Waals surface area (Å²) < 4.78 is 5.10. The van der Waals surface area contributed by atoms with Crippen LogP contribution in [0.4, 0.5) is 5.69 Å². The molecule has 0 aliphatic rings. The van der Waals surface area contributed by atoms with Crippen LogP contribution in [0, 0.1) is 13.8 Å². The van der Waals surface area contributed by atoms with Crippen molar-refractivity contribution in [3.63, 3.8) is 0 Å². The van der Waals surface area contributed by atoms with Crippen molar-refractivity contribution in [3.8, 4) is 0 Å². The topological polar surface area (TPSA) is 84.2 Å². The van der Waals surface area contributed by atoms with Crippen molar-refractivity contribution in [2.24, 2.45) is 0 Å². The molecule has 1 aromatic heterocycles. The second-order valence-corrected chi connectivity index (χ2v) is 6.45. The van der Waals surface area contributed by atoms with Crippen LogP contribution in [0.15, 0.2) is 28.8 Å². The largest absolute Gasteiger partial charge is 0.361 e. The number of nitrogens with one attached hydrogen (secondary N) is 2. The van der Waals surface area contributed by atoms with Crippen molar-refractivity contribution in [1.82, 2.24) is 10.5 Å². The Balaban J connectivity index is 1.84. The highest BCUT2D eigenvalue weighted by molar-refractivity contribution is 5.91. The van der Waals surface area contributed by atoms with E-state index in [1.54, 1.807) is 0 Å². The normalized spacial score (nSPS) is 10.8. The fourth-order valence-corrected chi connectivity index (χ4v) is 2.59. The summed E-state index contributed by atoms with van der Waals surface area (Å²) in [5, 5.41) is 9.61. The van der Waals surface area contributed by atoms with E-state index in [2.05, 4.69) is 15.8 Å². The lowest BCUT2D eigenvalue weighted by Crippen LogP contribution is -2.31. The van der Waals surface area contributed by atoms with E-state index in [4.69, 9.17) is 4.52 Å². The Morgan fingerprint density at radius 2 is 1.80 bits per heavy atom. The SMILES string of the molecule is Cc1noc(C)c1CCC(=O)Nc1ccc(CC(=O)NC(C)C)cc1. The maximum absolute atomic E-state index is 12.1. The number of aromatic nitrogens is 1. The summed E-state index contributed by atoms with van der Waals surface area (Å²) in [4.78, 5) is 23.8. The summed E-state index contributed by atoms with van der Waals surface area (Å²) >= 11 is 0. The van der Waals surface area contributed by atoms with E-state index in [1.807, 2.05) is 52.0 Å². The molecule has 6 nitrogen and oxygen atoms in total. The van der Waals surface area contributed by atoms with Gasteiger partial charge in [0.1, 0.15) is 5.76 Å². The number of carbonyl (C=O) groups excluding carboxylic acids is 2. The summed E-state index contributed by atoms with van der Waals surface area (Å²) in [5.41, 5.74) is 3.44. The van der Waals surface area contributed by atoms with Crippen LogP contribution < -0.4 is 10.6 Å². The highest BCUT2D eigenvalue weighted by atomic mass is 16.5. The van der Waals surface area contributed by atoms with Crippen molar-refractivity contribution in [3.05, 3.63) is 46.8 Å². The molecule has 0 fully saturated rings. The van der Waals surface area contributed by atoms with E-state index in [0.717, 1.165) is 28.3 Å². The fraction of sp³-hybridized carbons (Fsp3) is 0.421. The molecule has 2 amide bonds. The predicted octanol–water partition coefficient (Wildman–Crippen LogP) is 2.93. The van der Waals surface area contributed by atoms with Gasteiger partial charge in [-0.1, -0.05) is 17.3 Å². The Labute approximate surface area is 148 Å². The molecule has 2 N–H and O–H groups in total. The van der Waals surface area contributed by atoms with Crippen LogP contribution in [0.3, 0.4) is 0 Å². The molecule has 6 heteroatoms. The third kappa shape index (κ3) is 5.74. The second-order valence-electron chi connectivity index (χ2n) is 6.45. The molecule has 2 rings (SSSR count). The first-order valence-electron chi connectivity index (χ1n) is 8.45. The van der Waals surface area contributed by atoms with Gasteiger partial charge in [-0.15, -0.1) is 0 Å². The zero-order chi connectivity index (χ0) is 18.4. The molecule has 0 saturated carbocycles. The van der Waals surface area contributed by atoms with Crippen molar-refractivity contribution >= 4 is 17.5 Å². The minimum absolute atomic E-state index is 0.00810. The monoisotopic (exact) mass is 343 g/mol. The maximum atomic E-state index is 12.1. The van der Waals surface area contributed by atoms with Crippen LogP contribution in [0.2, 0.25) is 0 Å². The van der Waals surface area contributed by atoms with Crippen LogP contribution in [-0.4, -0.2) is 23.0 Å². The third-order valence-corrected chi connectivity index (χ3v) is 3.84. The molecule has 25 heavy (non-hydrogen) atoms. The molecule has 0 saturated heterocycles. The van der Waals surface area contributed by atoms with Crippen LogP contribution in [0.25, 0.3) is 0 Å². The lowest BCUT2D eigenvalue weighted by molar-refractivity contribution is -0.121. The van der Waals surface area contributed by atoms with Gasteiger partial charge in [0.2, 0.25) is 11.8 Å². The van der Waals surface area contributed by atoms with Crippen molar-refractivity contribution in [2.75, 3.05) is 5.32 Å². The number of amides is 2. The lowest BCUT2D eigenvalue weighted by Gasteiger charge is -2.09. The molecule has 0 spiro atoms. The number of nitrogens with zero attached hydrogens (tertiary/aromatic N) is 1. The van der Waals surface area contributed by atoms with Gasteiger partial charge in [0.15, 0.2) is 0 Å². The number of benzene rings is 1. The first kappa shape index (κ1) is 18.7. The first-order chi connectivity index (χ1) is 11.8. The molecule has 1 aromatic carbocycles. The molecule has 0 aliphatic carbocycles. The molecular weight excluding hydrogens is 318 g/mol. The molecule has 0 radical (unpaired) electrons. The summed E-state index contributed by atoms with van der Waals surface area (Å²) in [6.07, 6.45) is 1.29. The Hall–Kier alpha value is -2.63. The molecule has 0 bridgehead atoms. The Morgan fingerprint density at radius 1 is 1.12 bits per heavy atom. The zero-order valence-corrected chi connectivity index (χ0v) is 15.2. The van der Waals surface area contributed by atoms with E-state index in [9.17, 15) is 9.59 Å². The van der Waals surface area contributed by atoms with Crippen LogP contribution >= 0.6 is 0 Å². The smallest absolute Gasteiger partial charge is 0.224 e. The van der Waals surface area contributed by atoms with Gasteiger partial charge in [0.05, 0.1) is 12.1 Å². The van der Waals surface area contributed by atoms with E-state index >= 15 is 0 Å². The molecule has 1 heterocycles. The summed E-state index contributed by atoms with van der Waals surface area (Å²) in [6.45, 7) is 7.58. The number of anilines is 1. The van der Waals surface area contributed by atoms with Gasteiger partial charge >= 0.3 is 0 Å². The molecule has 134 valence electrons. The van der Waals surface area contributed by atoms with Crippen molar-refractivity contribution in [2.45, 2.75) is 53.0 Å². The van der Waals surface area contributed by atoms with Gasteiger partial charge in [-0.25, -0.2) is 0 Å². The predicted molar refractivity (Wildman–Crippen MR) is 96.4 cm³/mol. The van der Waals surface area contributed by atoms with E-state index in [-0.39, 0.29) is 17.9 Å². The lowest BCUT2D eigenvalue weighted by atomic mass is 10.1. The number of rotatable bonds is 7. The van der Waals surface area contributed by atoms with Gasteiger partial charge in [0, 0.05) is 23.7 Å². The minimum Gasteiger partial charge on any atom is -0.361 e. The highest BCUT2D eigenvalue weighted by Crippen LogP contribution is 2.15. The zero-order valence-electron chi connectivity index (χ0n) is 15.2. The van der Waals surface area contributed by atoms with Crippen molar-refractivity contribution < 1.29 is 14.1 Å². The van der Waals surface area contributed by atoms with E-state index < -0.39 is 0 Å². The Kier molecular flexibility index (Phi) is 6.33. The van der Waals surface area contributed by atoms with Gasteiger partial charge < -0.3 is 15.2 Å². The van der Waals surface area contributed by atoms with Gasteiger partial charge in [-0.3, -0.25) is 9.59 Å². The molecule has 0 atom stereocenters. The fourth-order valence-electron chi connectivity index (χ4n) is 2.59. The number of hydrogen-bond donors (Lipinski definition) is 2. The number of hydrogen-bond acceptors (Lipinski definition) is 4. The number of carbonyl (C=O) groups is 2. The third-order valence-electron chi connectivity index (χ3n) is 3.84. The molecule has 2 aromatic rings. The highest BCUT2D eigenvalue weighted by Gasteiger charge is 2.11. The first-order valence-corrected chi connectivity index (χ1v) is 8.45. The summed E-state index contributed by atoms with van der Waals surface area (Å²) in [7, 11) is 0. The maximum Gasteiger partial charge on any atom is 0.224 e. The second kappa shape index (κ2) is 8.46. The summed E-state index contributed by atoms with van der Waals surface area (Å²) in [5.74, 6) is 0.686. The average molecular weight is 343 g/mol. The minimum atomic E-state index is -0.0645. The van der Waals surface area contributed by atoms with E-state index in [1.165, 1.54) is 0 Å². The summed E-state index contributed by atoms with van der Waals surface area (Å²) in [6, 6.07) is 7.45. The quantitative estimate of drug-likeness (QED) is 0.809. The molecule has 0 unspecified atom stereocenters.